The van der Waals surface area contributed by atoms with Gasteiger partial charge in [-0.2, -0.15) is 0 Å². The fourth-order valence-electron chi connectivity index (χ4n) is 13.2. The van der Waals surface area contributed by atoms with Crippen molar-refractivity contribution in [3.05, 3.63) is 11.6 Å². The molecule has 9 N–H and O–H groups in total. The fraction of sp³-hybridized carbons (Fsp3) is 0.927. The van der Waals surface area contributed by atoms with Gasteiger partial charge in [0, 0.05) is 0 Å². The summed E-state index contributed by atoms with van der Waals surface area (Å²) in [6.07, 6.45) is -7.57. The highest BCUT2D eigenvalue weighted by atomic mass is 16.7. The standard InChI is InChI=1S/C41H66O14/c1-37(2)13-14-41(36(51)55-35-32(49)30(47)28(45)24(18-43)54-35)12-9-20-19(21(41)15-37)7-8-26-39(20,5)11-10-25-38(3,4)33(50)22(16-40(25,26)6)52-34-31(48)29(46)27(44)23(17-42)53-34/h7,20-35,42-50H,8-18H2,1-6H3. The molecule has 5 aliphatic carbocycles. The summed E-state index contributed by atoms with van der Waals surface area (Å²) in [7, 11) is 0. The van der Waals surface area contributed by atoms with Crippen LogP contribution in [0.15, 0.2) is 11.6 Å². The van der Waals surface area contributed by atoms with Crippen LogP contribution in [0, 0.1) is 50.7 Å². The second-order valence-electron chi connectivity index (χ2n) is 20.2. The van der Waals surface area contributed by atoms with E-state index >= 15 is 0 Å². The van der Waals surface area contributed by atoms with E-state index in [1.54, 1.807) is 0 Å². The van der Waals surface area contributed by atoms with Gasteiger partial charge in [-0.25, -0.2) is 0 Å². The summed E-state index contributed by atoms with van der Waals surface area (Å²) < 4.78 is 23.7. The van der Waals surface area contributed by atoms with Crippen LogP contribution in [0.1, 0.15) is 99.3 Å². The van der Waals surface area contributed by atoms with Gasteiger partial charge in [0.1, 0.15) is 48.8 Å². The Bertz CT molecular complexity index is 1470. The van der Waals surface area contributed by atoms with Gasteiger partial charge in [-0.15, -0.1) is 0 Å². The molecule has 19 unspecified atom stereocenters. The number of esters is 1. The first-order chi connectivity index (χ1) is 25.7. The van der Waals surface area contributed by atoms with Crippen molar-refractivity contribution in [1.29, 1.82) is 0 Å². The average molecular weight is 783 g/mol. The summed E-state index contributed by atoms with van der Waals surface area (Å²) in [6.45, 7) is 12.1. The molecule has 2 heterocycles. The summed E-state index contributed by atoms with van der Waals surface area (Å²) in [4.78, 5) is 14.5. The summed E-state index contributed by atoms with van der Waals surface area (Å²) in [5.41, 5.74) is -0.701. The summed E-state index contributed by atoms with van der Waals surface area (Å²) in [6, 6.07) is 0. The third-order valence-electron chi connectivity index (χ3n) is 16.4. The number of hydrogen-bond donors (Lipinski definition) is 9. The zero-order chi connectivity index (χ0) is 40.2. The number of allylic oxidation sites excluding steroid dienone is 2. The van der Waals surface area contributed by atoms with Crippen molar-refractivity contribution in [3.8, 4) is 0 Å². The molecule has 0 spiro atoms. The molecule has 0 bridgehead atoms. The first-order valence-electron chi connectivity index (χ1n) is 20.5. The number of rotatable bonds is 6. The van der Waals surface area contributed by atoms with Crippen molar-refractivity contribution in [2.45, 2.75) is 173 Å². The van der Waals surface area contributed by atoms with Crippen LogP contribution in [0.3, 0.4) is 0 Å². The number of hydrogen-bond acceptors (Lipinski definition) is 14. The number of carbonyl (C=O) groups is 1. The Kier molecular flexibility index (Phi) is 11.0. The van der Waals surface area contributed by atoms with Gasteiger partial charge in [0.15, 0.2) is 6.29 Å². The molecule has 14 heteroatoms. The molecule has 14 nitrogen and oxygen atoms in total. The van der Waals surface area contributed by atoms with Crippen molar-refractivity contribution in [2.75, 3.05) is 13.2 Å². The summed E-state index contributed by atoms with van der Waals surface area (Å²) in [5.74, 6) is -0.109. The van der Waals surface area contributed by atoms with Crippen molar-refractivity contribution >= 4 is 5.97 Å². The lowest BCUT2D eigenvalue weighted by Gasteiger charge is -2.69. The molecule has 7 aliphatic rings. The first kappa shape index (κ1) is 41.9. The zero-order valence-electron chi connectivity index (χ0n) is 33.2. The Hall–Kier alpha value is -1.27. The van der Waals surface area contributed by atoms with Gasteiger partial charge in [-0.1, -0.05) is 53.2 Å². The molecule has 0 aromatic heterocycles. The van der Waals surface area contributed by atoms with E-state index in [0.717, 1.165) is 38.5 Å². The van der Waals surface area contributed by atoms with Gasteiger partial charge in [0.05, 0.1) is 30.8 Å². The lowest BCUT2D eigenvalue weighted by molar-refractivity contribution is -0.334. The Morgan fingerprint density at radius 1 is 0.691 bits per heavy atom. The zero-order valence-corrected chi connectivity index (χ0v) is 33.2. The Labute approximate surface area is 323 Å². The topological polar surface area (TPSA) is 236 Å². The summed E-state index contributed by atoms with van der Waals surface area (Å²) >= 11 is 0. The van der Waals surface area contributed by atoms with E-state index in [-0.39, 0.29) is 39.9 Å². The van der Waals surface area contributed by atoms with E-state index in [1.165, 1.54) is 5.57 Å². The maximum atomic E-state index is 14.5. The van der Waals surface area contributed by atoms with Crippen LogP contribution in [0.5, 0.6) is 0 Å². The second kappa shape index (κ2) is 14.5. The normalized spacial score (nSPS) is 53.1. The molecule has 2 saturated heterocycles. The molecule has 0 aromatic carbocycles. The van der Waals surface area contributed by atoms with Gasteiger partial charge >= 0.3 is 5.97 Å². The maximum absolute atomic E-state index is 14.5. The summed E-state index contributed by atoms with van der Waals surface area (Å²) in [5, 5.41) is 94.6. The van der Waals surface area contributed by atoms with Crippen molar-refractivity contribution in [3.63, 3.8) is 0 Å². The molecule has 0 aromatic rings. The number of aliphatic hydroxyl groups excluding tert-OH is 9. The number of carbonyl (C=O) groups excluding carboxylic acids is 1. The van der Waals surface area contributed by atoms with Gasteiger partial charge in [0.2, 0.25) is 6.29 Å². The highest BCUT2D eigenvalue weighted by Crippen LogP contribution is 2.72. The van der Waals surface area contributed by atoms with E-state index in [2.05, 4.69) is 47.6 Å². The van der Waals surface area contributed by atoms with E-state index in [1.807, 2.05) is 0 Å². The van der Waals surface area contributed by atoms with Gasteiger partial charge in [-0.05, 0) is 103 Å². The van der Waals surface area contributed by atoms with E-state index in [9.17, 15) is 50.8 Å². The highest BCUT2D eigenvalue weighted by molar-refractivity contribution is 5.79. The lowest BCUT2D eigenvalue weighted by atomic mass is 9.36. The highest BCUT2D eigenvalue weighted by Gasteiger charge is 2.68. The Balaban J connectivity index is 1.18. The fourth-order valence-corrected chi connectivity index (χ4v) is 13.2. The predicted molar refractivity (Wildman–Crippen MR) is 194 cm³/mol. The monoisotopic (exact) mass is 782 g/mol. The van der Waals surface area contributed by atoms with Gasteiger partial charge < -0.3 is 64.9 Å². The number of aliphatic hydroxyl groups is 9. The molecule has 314 valence electrons. The Morgan fingerprint density at radius 2 is 1.29 bits per heavy atom. The van der Waals surface area contributed by atoms with Crippen LogP contribution < -0.4 is 0 Å². The van der Waals surface area contributed by atoms with Crippen molar-refractivity contribution < 1.29 is 69.7 Å². The van der Waals surface area contributed by atoms with Crippen LogP contribution >= 0.6 is 0 Å². The van der Waals surface area contributed by atoms with E-state index < -0.39 is 104 Å². The maximum Gasteiger partial charge on any atom is 0.315 e. The van der Waals surface area contributed by atoms with Crippen LogP contribution in [-0.4, -0.2) is 139 Å². The smallest absolute Gasteiger partial charge is 0.315 e. The molecular formula is C41H66O14. The van der Waals surface area contributed by atoms with E-state index in [4.69, 9.17) is 18.9 Å². The number of fused-ring (bicyclic) bond motifs is 7. The van der Waals surface area contributed by atoms with Crippen molar-refractivity contribution in [2.24, 2.45) is 50.7 Å². The predicted octanol–water partition coefficient (Wildman–Crippen LogP) is 0.897. The molecule has 6 fully saturated rings. The molecular weight excluding hydrogens is 716 g/mol. The van der Waals surface area contributed by atoms with Crippen LogP contribution in [0.2, 0.25) is 0 Å². The second-order valence-corrected chi connectivity index (χ2v) is 20.2. The molecule has 19 atom stereocenters. The molecule has 0 radical (unpaired) electrons. The SMILES string of the molecule is CC1(C)CCC2(C(=O)OC3OC(CO)C(O)C(O)C3O)CCC3C(=CCC4C3(C)CCC3C(C)(C)C(O)C(OC5OC(CO)C(O)C(O)C5O)CC34C)C2C1. The third-order valence-corrected chi connectivity index (χ3v) is 16.4. The van der Waals surface area contributed by atoms with Crippen molar-refractivity contribution in [1.82, 2.24) is 0 Å². The Morgan fingerprint density at radius 3 is 1.91 bits per heavy atom. The molecule has 0 amide bonds. The molecule has 55 heavy (non-hydrogen) atoms. The van der Waals surface area contributed by atoms with Crippen LogP contribution in [0.4, 0.5) is 0 Å². The van der Waals surface area contributed by atoms with Gasteiger partial charge in [-0.3, -0.25) is 4.79 Å². The molecule has 7 rings (SSSR count). The van der Waals surface area contributed by atoms with Gasteiger partial charge in [0.25, 0.3) is 0 Å². The first-order valence-corrected chi connectivity index (χ1v) is 20.5. The van der Waals surface area contributed by atoms with Crippen LogP contribution in [-0.2, 0) is 23.7 Å². The minimum atomic E-state index is -1.68. The van der Waals surface area contributed by atoms with E-state index in [0.29, 0.717) is 19.3 Å². The molecule has 4 saturated carbocycles. The number of ether oxygens (including phenoxy) is 4. The largest absolute Gasteiger partial charge is 0.432 e. The lowest BCUT2D eigenvalue weighted by Crippen LogP contribution is -2.66. The van der Waals surface area contributed by atoms with Crippen LogP contribution in [0.25, 0.3) is 0 Å². The minimum Gasteiger partial charge on any atom is -0.432 e. The third kappa shape index (κ3) is 6.48. The molecule has 2 aliphatic heterocycles. The quantitative estimate of drug-likeness (QED) is 0.104. The minimum absolute atomic E-state index is 0.0415. The average Bonchev–Trinajstić information content (AvgIpc) is 3.13.